The SMILES string of the molecule is C[SiH](C)C1=C(C2=CC=CC2)CC=C1.[Cl-].[Cl-].[Hf]. The predicted molar refractivity (Wildman–Crippen MR) is 61.5 cm³/mol. The van der Waals surface area contributed by atoms with Gasteiger partial charge in [-0.2, -0.15) is 0 Å². The molecule has 0 radical (unpaired) electrons. The van der Waals surface area contributed by atoms with Gasteiger partial charge in [0.25, 0.3) is 0 Å². The van der Waals surface area contributed by atoms with Crippen LogP contribution in [-0.4, -0.2) is 8.80 Å². The summed E-state index contributed by atoms with van der Waals surface area (Å²) in [5.41, 5.74) is 3.19. The Balaban J connectivity index is 0. The Morgan fingerprint density at radius 2 is 1.75 bits per heavy atom. The average molecular weight is 438 g/mol. The Bertz CT molecular complexity index is 341. The Morgan fingerprint density at radius 3 is 2.25 bits per heavy atom. The van der Waals surface area contributed by atoms with Gasteiger partial charge in [-0.25, -0.2) is 0 Å². The first-order valence-electron chi connectivity index (χ1n) is 5.04. The third kappa shape index (κ3) is 4.14. The van der Waals surface area contributed by atoms with Gasteiger partial charge in [-0.05, 0) is 24.0 Å². The summed E-state index contributed by atoms with van der Waals surface area (Å²) >= 11 is 0. The summed E-state index contributed by atoms with van der Waals surface area (Å²) in [4.78, 5) is 0. The summed E-state index contributed by atoms with van der Waals surface area (Å²) < 4.78 is 0. The molecule has 0 aromatic carbocycles. The second-order valence-corrected chi connectivity index (χ2v) is 6.95. The minimum absolute atomic E-state index is 0. The summed E-state index contributed by atoms with van der Waals surface area (Å²) in [6.45, 7) is 4.82. The second-order valence-electron chi connectivity index (χ2n) is 4.02. The zero-order chi connectivity index (χ0) is 9.26. The van der Waals surface area contributed by atoms with Gasteiger partial charge in [0.05, 0.1) is 8.80 Å². The molecular weight excluding hydrogens is 422 g/mol. The largest absolute Gasteiger partial charge is 1.00 e. The molecule has 0 aliphatic heterocycles. The normalized spacial score (nSPS) is 16.8. The minimum atomic E-state index is -0.613. The Labute approximate surface area is 131 Å². The van der Waals surface area contributed by atoms with Crippen LogP contribution in [0.2, 0.25) is 13.1 Å². The number of rotatable bonds is 2. The maximum atomic E-state index is 2.41. The van der Waals surface area contributed by atoms with Gasteiger partial charge >= 0.3 is 0 Å². The summed E-state index contributed by atoms with van der Waals surface area (Å²) in [6.07, 6.45) is 13.7. The van der Waals surface area contributed by atoms with E-state index in [2.05, 4.69) is 43.5 Å². The smallest absolute Gasteiger partial charge is 0.0651 e. The zero-order valence-corrected chi connectivity index (χ0v) is 15.9. The number of halogens is 2. The van der Waals surface area contributed by atoms with Gasteiger partial charge in [0, 0.05) is 25.8 Å². The molecule has 0 atom stereocenters. The molecule has 88 valence electrons. The van der Waals surface area contributed by atoms with Crippen molar-refractivity contribution in [2.24, 2.45) is 0 Å². The van der Waals surface area contributed by atoms with E-state index >= 15 is 0 Å². The van der Waals surface area contributed by atoms with Gasteiger partial charge in [-0.3, -0.25) is 0 Å². The monoisotopic (exact) mass is 438 g/mol. The summed E-state index contributed by atoms with van der Waals surface area (Å²) in [6, 6.07) is 0. The number of hydrogen-bond acceptors (Lipinski definition) is 0. The van der Waals surface area contributed by atoms with Gasteiger partial charge < -0.3 is 24.8 Å². The molecule has 0 N–H and O–H groups in total. The van der Waals surface area contributed by atoms with Gasteiger partial charge in [0.1, 0.15) is 0 Å². The van der Waals surface area contributed by atoms with Gasteiger partial charge in [-0.15, -0.1) is 0 Å². The molecule has 0 heterocycles. The van der Waals surface area contributed by atoms with Crippen LogP contribution in [0.3, 0.4) is 0 Å². The van der Waals surface area contributed by atoms with Crippen molar-refractivity contribution in [2.75, 3.05) is 0 Å². The van der Waals surface area contributed by atoms with Crippen LogP contribution in [-0.2, 0) is 25.8 Å². The Kier molecular flexibility index (Phi) is 10.3. The topological polar surface area (TPSA) is 0 Å². The molecule has 0 nitrogen and oxygen atoms in total. The molecule has 4 heteroatoms. The van der Waals surface area contributed by atoms with Crippen molar-refractivity contribution in [3.05, 3.63) is 46.7 Å². The van der Waals surface area contributed by atoms with Crippen molar-refractivity contribution in [1.29, 1.82) is 0 Å². The summed E-state index contributed by atoms with van der Waals surface area (Å²) in [5.74, 6) is 0. The van der Waals surface area contributed by atoms with E-state index in [4.69, 9.17) is 0 Å². The van der Waals surface area contributed by atoms with Crippen molar-refractivity contribution in [1.82, 2.24) is 0 Å². The maximum Gasteiger partial charge on any atom is 0.0651 e. The number of hydrogen-bond donors (Lipinski definition) is 0. The molecule has 2 aliphatic rings. The maximum absolute atomic E-state index is 2.41. The van der Waals surface area contributed by atoms with Crippen LogP contribution in [0, 0.1) is 0 Å². The van der Waals surface area contributed by atoms with Crippen LogP contribution in [0.5, 0.6) is 0 Å². The molecule has 0 bridgehead atoms. The summed E-state index contributed by atoms with van der Waals surface area (Å²) in [7, 11) is -0.613. The molecule has 16 heavy (non-hydrogen) atoms. The fourth-order valence-electron chi connectivity index (χ4n) is 2.05. The molecule has 0 aromatic rings. The molecule has 0 spiro atoms. The Hall–Kier alpha value is 0.627. The van der Waals surface area contributed by atoms with E-state index in [1.807, 2.05) is 0 Å². The van der Waals surface area contributed by atoms with Crippen molar-refractivity contribution >= 4 is 8.80 Å². The van der Waals surface area contributed by atoms with Crippen LogP contribution >= 0.6 is 0 Å². The van der Waals surface area contributed by atoms with Crippen molar-refractivity contribution in [3.8, 4) is 0 Å². The fraction of sp³-hybridized carbons (Fsp3) is 0.333. The van der Waals surface area contributed by atoms with Crippen molar-refractivity contribution < 1.29 is 50.7 Å². The van der Waals surface area contributed by atoms with Crippen LogP contribution in [0.25, 0.3) is 0 Å². The molecule has 2 rings (SSSR count). The fourth-order valence-corrected chi connectivity index (χ4v) is 3.57. The molecule has 0 saturated carbocycles. The zero-order valence-electron chi connectivity index (χ0n) is 9.63. The first-order valence-corrected chi connectivity index (χ1v) is 7.93. The minimum Gasteiger partial charge on any atom is -1.00 e. The van der Waals surface area contributed by atoms with Gasteiger partial charge in [-0.1, -0.05) is 48.7 Å². The molecule has 0 aromatic heterocycles. The van der Waals surface area contributed by atoms with Gasteiger partial charge in [0.2, 0.25) is 0 Å². The predicted octanol–water partition coefficient (Wildman–Crippen LogP) is -2.84. The third-order valence-corrected chi connectivity index (χ3v) is 4.53. The molecule has 0 fully saturated rings. The summed E-state index contributed by atoms with van der Waals surface area (Å²) in [5, 5.41) is 1.68. The van der Waals surface area contributed by atoms with Gasteiger partial charge in [0.15, 0.2) is 0 Å². The van der Waals surface area contributed by atoms with E-state index in [0.717, 1.165) is 6.42 Å². The second kappa shape index (κ2) is 8.68. The molecule has 0 amide bonds. The van der Waals surface area contributed by atoms with Crippen LogP contribution in [0.4, 0.5) is 0 Å². The van der Waals surface area contributed by atoms with Crippen LogP contribution < -0.4 is 24.8 Å². The first-order chi connectivity index (χ1) is 6.29. The van der Waals surface area contributed by atoms with E-state index in [-0.39, 0.29) is 50.7 Å². The van der Waals surface area contributed by atoms with E-state index < -0.39 is 8.80 Å². The van der Waals surface area contributed by atoms with Crippen LogP contribution in [0.15, 0.2) is 46.7 Å². The van der Waals surface area contributed by atoms with Crippen molar-refractivity contribution in [2.45, 2.75) is 25.9 Å². The van der Waals surface area contributed by atoms with Crippen LogP contribution in [0.1, 0.15) is 12.8 Å². The van der Waals surface area contributed by atoms with E-state index in [9.17, 15) is 0 Å². The van der Waals surface area contributed by atoms with E-state index in [1.165, 1.54) is 6.42 Å². The average Bonchev–Trinajstić information content (AvgIpc) is 2.74. The molecule has 0 saturated heterocycles. The first kappa shape index (κ1) is 19.0. The van der Waals surface area contributed by atoms with Crippen molar-refractivity contribution in [3.63, 3.8) is 0 Å². The quantitative estimate of drug-likeness (QED) is 0.409. The standard InChI is InChI=1S/C12H16Si.2ClH.Hf/c1-13(2)12-9-5-8-11(12)10-6-3-4-7-10;;;/h3-6,9,13H,7-8H2,1-2H3;2*1H;/p-2. The van der Waals surface area contributed by atoms with E-state index in [0.29, 0.717) is 0 Å². The molecule has 2 aliphatic carbocycles. The molecular formula is C12H16Cl2HfSi-2. The van der Waals surface area contributed by atoms with E-state index in [1.54, 1.807) is 16.3 Å². The third-order valence-electron chi connectivity index (χ3n) is 2.75. The Morgan fingerprint density at radius 1 is 1.06 bits per heavy atom. The number of allylic oxidation sites excluding steroid dienone is 8. The molecule has 0 unspecified atom stereocenters.